The first-order valence-corrected chi connectivity index (χ1v) is 8.97. The van der Waals surface area contributed by atoms with Crippen molar-refractivity contribution in [1.82, 2.24) is 9.88 Å². The second kappa shape index (κ2) is 8.89. The minimum absolute atomic E-state index is 0.163. The fourth-order valence-corrected chi connectivity index (χ4v) is 3.05. The second-order valence-corrected chi connectivity index (χ2v) is 6.53. The third kappa shape index (κ3) is 5.52. The van der Waals surface area contributed by atoms with Gasteiger partial charge in [0, 0.05) is 23.4 Å². The van der Waals surface area contributed by atoms with Crippen LogP contribution in [0.15, 0.2) is 29.6 Å². The van der Waals surface area contributed by atoms with Crippen LogP contribution in [0.2, 0.25) is 5.02 Å². The van der Waals surface area contributed by atoms with Gasteiger partial charge in [-0.2, -0.15) is 0 Å². The van der Waals surface area contributed by atoms with Crippen molar-refractivity contribution in [2.24, 2.45) is 0 Å². The first-order chi connectivity index (χ1) is 11.1. The smallest absolute Gasteiger partial charge is 0.222 e. The zero-order valence-electron chi connectivity index (χ0n) is 13.4. The number of amides is 1. The number of halogens is 1. The highest BCUT2D eigenvalue weighted by Crippen LogP contribution is 2.20. The Bertz CT molecular complexity index is 645. The maximum absolute atomic E-state index is 11.9. The van der Waals surface area contributed by atoms with E-state index in [4.69, 9.17) is 16.3 Å². The Morgan fingerprint density at radius 3 is 2.91 bits per heavy atom. The quantitative estimate of drug-likeness (QED) is 0.701. The molecule has 0 fully saturated rings. The number of ether oxygens (including phenoxy) is 1. The van der Waals surface area contributed by atoms with Gasteiger partial charge in [0.2, 0.25) is 5.91 Å². The summed E-state index contributed by atoms with van der Waals surface area (Å²) in [5.74, 6) is 0.889. The van der Waals surface area contributed by atoms with Crippen molar-refractivity contribution < 1.29 is 9.53 Å². The molecule has 6 heteroatoms. The molecule has 0 radical (unpaired) electrons. The van der Waals surface area contributed by atoms with Crippen LogP contribution in [0.5, 0.6) is 5.75 Å². The minimum atomic E-state index is 0.163. The van der Waals surface area contributed by atoms with E-state index in [1.807, 2.05) is 35.4 Å². The van der Waals surface area contributed by atoms with Gasteiger partial charge in [-0.1, -0.05) is 31.5 Å². The highest BCUT2D eigenvalue weighted by molar-refractivity contribution is 7.09. The Kier molecular flexibility index (Phi) is 6.86. The summed E-state index contributed by atoms with van der Waals surface area (Å²) in [7, 11) is 0. The maximum atomic E-state index is 11.9. The summed E-state index contributed by atoms with van der Waals surface area (Å²) in [4.78, 5) is 18.3. The molecule has 2 aromatic rings. The van der Waals surface area contributed by atoms with Gasteiger partial charge in [-0.05, 0) is 24.6 Å². The Morgan fingerprint density at radius 2 is 2.22 bits per heavy atom. The summed E-state index contributed by atoms with van der Waals surface area (Å²) in [6.07, 6.45) is 1.47. The molecule has 1 amide bonds. The summed E-state index contributed by atoms with van der Waals surface area (Å²) in [5.41, 5.74) is 0.912. The summed E-state index contributed by atoms with van der Waals surface area (Å²) >= 11 is 7.48. The van der Waals surface area contributed by atoms with Crippen LogP contribution in [0, 0.1) is 0 Å². The highest BCUT2D eigenvalue weighted by Gasteiger charge is 2.13. The molecule has 1 aromatic heterocycles. The topological polar surface area (TPSA) is 42.4 Å². The van der Waals surface area contributed by atoms with Crippen molar-refractivity contribution >= 4 is 28.8 Å². The van der Waals surface area contributed by atoms with E-state index in [1.54, 1.807) is 17.4 Å². The Hall–Kier alpha value is -1.59. The summed E-state index contributed by atoms with van der Waals surface area (Å²) in [6, 6.07) is 7.30. The lowest BCUT2D eigenvalue weighted by Gasteiger charge is -2.20. The molecular formula is C17H21ClN2O2S. The van der Waals surface area contributed by atoms with Crippen LogP contribution in [-0.2, 0) is 17.9 Å². The van der Waals surface area contributed by atoms with Gasteiger partial charge >= 0.3 is 0 Å². The SMILES string of the molecule is CCCN(Cc1csc(COc2cccc(Cl)c2)n1)C(=O)CC. The van der Waals surface area contributed by atoms with E-state index in [0.717, 1.165) is 29.4 Å². The second-order valence-electron chi connectivity index (χ2n) is 5.15. The van der Waals surface area contributed by atoms with Crippen LogP contribution in [0.25, 0.3) is 0 Å². The molecular weight excluding hydrogens is 332 g/mol. The molecule has 4 nitrogen and oxygen atoms in total. The average Bonchev–Trinajstić information content (AvgIpc) is 2.99. The predicted octanol–water partition coefficient (Wildman–Crippen LogP) is 4.52. The number of thiazole rings is 1. The number of nitrogens with zero attached hydrogens (tertiary/aromatic N) is 2. The van der Waals surface area contributed by atoms with Crippen molar-refractivity contribution in [1.29, 1.82) is 0 Å². The Balaban J connectivity index is 1.93. The molecule has 0 spiro atoms. The largest absolute Gasteiger partial charge is 0.486 e. The number of hydrogen-bond donors (Lipinski definition) is 0. The van der Waals surface area contributed by atoms with Crippen LogP contribution in [-0.4, -0.2) is 22.3 Å². The van der Waals surface area contributed by atoms with Crippen molar-refractivity contribution in [3.05, 3.63) is 45.4 Å². The van der Waals surface area contributed by atoms with Gasteiger partial charge in [0.1, 0.15) is 17.4 Å². The van der Waals surface area contributed by atoms with E-state index in [1.165, 1.54) is 0 Å². The van der Waals surface area contributed by atoms with Crippen molar-refractivity contribution in [3.63, 3.8) is 0 Å². The van der Waals surface area contributed by atoms with Crippen molar-refractivity contribution in [2.45, 2.75) is 39.8 Å². The molecule has 0 atom stereocenters. The van der Waals surface area contributed by atoms with Crippen molar-refractivity contribution in [3.8, 4) is 5.75 Å². The van der Waals surface area contributed by atoms with Gasteiger partial charge in [-0.25, -0.2) is 4.98 Å². The summed E-state index contributed by atoms with van der Waals surface area (Å²) in [6.45, 7) is 5.69. The molecule has 1 heterocycles. The van der Waals surface area contributed by atoms with Gasteiger partial charge in [0.25, 0.3) is 0 Å². The number of hydrogen-bond acceptors (Lipinski definition) is 4. The van der Waals surface area contributed by atoms with Gasteiger partial charge in [0.05, 0.1) is 12.2 Å². The maximum Gasteiger partial charge on any atom is 0.222 e. The predicted molar refractivity (Wildman–Crippen MR) is 93.9 cm³/mol. The van der Waals surface area contributed by atoms with E-state index in [2.05, 4.69) is 11.9 Å². The molecule has 23 heavy (non-hydrogen) atoms. The fraction of sp³-hybridized carbons (Fsp3) is 0.412. The van der Waals surface area contributed by atoms with Gasteiger partial charge < -0.3 is 9.64 Å². The molecule has 0 saturated heterocycles. The van der Waals surface area contributed by atoms with Crippen LogP contribution < -0.4 is 4.74 Å². The average molecular weight is 353 g/mol. The molecule has 0 aliphatic rings. The minimum Gasteiger partial charge on any atom is -0.486 e. The van der Waals surface area contributed by atoms with E-state index in [0.29, 0.717) is 24.6 Å². The monoisotopic (exact) mass is 352 g/mol. The molecule has 0 aliphatic carbocycles. The van der Waals surface area contributed by atoms with E-state index in [-0.39, 0.29) is 5.91 Å². The van der Waals surface area contributed by atoms with Crippen LogP contribution in [0.4, 0.5) is 0 Å². The first kappa shape index (κ1) is 17.8. The third-order valence-electron chi connectivity index (χ3n) is 3.26. The Labute approximate surface area is 146 Å². The molecule has 1 aromatic carbocycles. The third-order valence-corrected chi connectivity index (χ3v) is 4.37. The standard InChI is InChI=1S/C17H21ClN2O2S/c1-3-8-20(17(21)4-2)10-14-12-23-16(19-14)11-22-15-7-5-6-13(18)9-15/h5-7,9,12H,3-4,8,10-11H2,1-2H3. The zero-order chi connectivity index (χ0) is 16.7. The first-order valence-electron chi connectivity index (χ1n) is 7.71. The lowest BCUT2D eigenvalue weighted by Crippen LogP contribution is -2.30. The Morgan fingerprint density at radius 1 is 1.39 bits per heavy atom. The molecule has 124 valence electrons. The normalized spacial score (nSPS) is 10.6. The van der Waals surface area contributed by atoms with Crippen molar-refractivity contribution in [2.75, 3.05) is 6.54 Å². The van der Waals surface area contributed by atoms with E-state index < -0.39 is 0 Å². The van der Waals surface area contributed by atoms with Crippen LogP contribution in [0.1, 0.15) is 37.4 Å². The van der Waals surface area contributed by atoms with Gasteiger partial charge in [-0.15, -0.1) is 11.3 Å². The number of rotatable bonds is 8. The molecule has 0 aliphatic heterocycles. The molecule has 0 saturated carbocycles. The highest BCUT2D eigenvalue weighted by atomic mass is 35.5. The van der Waals surface area contributed by atoms with Crippen LogP contribution >= 0.6 is 22.9 Å². The molecule has 0 bridgehead atoms. The summed E-state index contributed by atoms with van der Waals surface area (Å²) < 4.78 is 5.69. The molecule has 0 unspecified atom stereocenters. The number of carbonyl (C=O) groups is 1. The lowest BCUT2D eigenvalue weighted by atomic mass is 10.3. The van der Waals surface area contributed by atoms with Gasteiger partial charge in [-0.3, -0.25) is 4.79 Å². The number of aromatic nitrogens is 1. The van der Waals surface area contributed by atoms with Crippen LogP contribution in [0.3, 0.4) is 0 Å². The summed E-state index contributed by atoms with van der Waals surface area (Å²) in [5, 5.41) is 3.53. The number of benzene rings is 1. The van der Waals surface area contributed by atoms with E-state index in [9.17, 15) is 4.79 Å². The lowest BCUT2D eigenvalue weighted by molar-refractivity contribution is -0.131. The fourth-order valence-electron chi connectivity index (χ4n) is 2.17. The number of carbonyl (C=O) groups excluding carboxylic acids is 1. The molecule has 2 rings (SSSR count). The van der Waals surface area contributed by atoms with Gasteiger partial charge in [0.15, 0.2) is 0 Å². The molecule has 0 N–H and O–H groups in total. The van der Waals surface area contributed by atoms with E-state index >= 15 is 0 Å². The zero-order valence-corrected chi connectivity index (χ0v) is 15.0.